The smallest absolute Gasteiger partial charge is 0.0811 e. The van der Waals surface area contributed by atoms with E-state index in [9.17, 15) is 15.3 Å². The maximum Gasteiger partial charge on any atom is 0.0811 e. The summed E-state index contributed by atoms with van der Waals surface area (Å²) in [4.78, 5) is 0. The van der Waals surface area contributed by atoms with Crippen LogP contribution in [0.3, 0.4) is 0 Å². The van der Waals surface area contributed by atoms with Gasteiger partial charge in [-0.05, 0) is 91.6 Å². The van der Waals surface area contributed by atoms with Crippen molar-refractivity contribution in [2.75, 3.05) is 0 Å². The fraction of sp³-hybridized carbons (Fsp3) is 0.778. The molecule has 0 aromatic heterocycles. The van der Waals surface area contributed by atoms with E-state index in [2.05, 4.69) is 46.4 Å². The summed E-state index contributed by atoms with van der Waals surface area (Å²) >= 11 is 0. The van der Waals surface area contributed by atoms with Crippen LogP contribution in [0.25, 0.3) is 0 Å². The number of aliphatic hydroxyl groups excluding tert-OH is 3. The fourth-order valence-electron chi connectivity index (χ4n) is 6.65. The number of allylic oxidation sites excluding steroid dienone is 3. The Bertz CT molecular complexity index is 679. The molecule has 0 radical (unpaired) electrons. The minimum Gasteiger partial charge on any atom is -0.412 e. The normalized spacial score (nSPS) is 38.3. The van der Waals surface area contributed by atoms with Crippen molar-refractivity contribution in [1.82, 2.24) is 0 Å². The van der Waals surface area contributed by atoms with Crippen molar-refractivity contribution in [2.45, 2.75) is 104 Å². The Hall–Kier alpha value is -0.940. The summed E-state index contributed by atoms with van der Waals surface area (Å²) in [5, 5.41) is 30.4. The fourth-order valence-corrected chi connectivity index (χ4v) is 6.65. The first-order valence-electron chi connectivity index (χ1n) is 12.3. The highest BCUT2D eigenvalue weighted by molar-refractivity contribution is 5.38. The second-order valence-electron chi connectivity index (χ2n) is 11.0. The molecular formula is C27H46O4. The molecule has 0 aromatic carbocycles. The van der Waals surface area contributed by atoms with Crippen LogP contribution in [0.15, 0.2) is 35.5 Å². The van der Waals surface area contributed by atoms with E-state index in [-0.39, 0.29) is 11.6 Å². The summed E-state index contributed by atoms with van der Waals surface area (Å²) < 4.78 is 0. The van der Waals surface area contributed by atoms with Gasteiger partial charge < -0.3 is 20.8 Å². The van der Waals surface area contributed by atoms with Gasteiger partial charge in [0.05, 0.1) is 18.3 Å². The number of hydrogen-bond acceptors (Lipinski definition) is 3. The molecule has 0 aromatic rings. The minimum absolute atomic E-state index is 0. The van der Waals surface area contributed by atoms with Gasteiger partial charge in [0.25, 0.3) is 0 Å². The van der Waals surface area contributed by atoms with Crippen molar-refractivity contribution in [3.63, 3.8) is 0 Å². The SMILES string of the molecule is C=C1C(=CC=C2CCC[C@@]3(C)C2CCC3C(C)CCC(O)C(C)C)CC(O)CC1O.O. The molecule has 31 heavy (non-hydrogen) atoms. The Labute approximate surface area is 189 Å². The van der Waals surface area contributed by atoms with Crippen LogP contribution in [-0.4, -0.2) is 39.1 Å². The number of aliphatic hydroxyl groups is 3. The molecule has 5 N–H and O–H groups in total. The van der Waals surface area contributed by atoms with Crippen molar-refractivity contribution >= 4 is 0 Å². The van der Waals surface area contributed by atoms with E-state index in [0.29, 0.717) is 36.0 Å². The highest BCUT2D eigenvalue weighted by atomic mass is 16.3. The Balaban J connectivity index is 0.00000341. The Morgan fingerprint density at radius 2 is 1.84 bits per heavy atom. The van der Waals surface area contributed by atoms with Crippen LogP contribution < -0.4 is 0 Å². The van der Waals surface area contributed by atoms with E-state index >= 15 is 0 Å². The minimum atomic E-state index is -0.618. The molecule has 0 amide bonds. The van der Waals surface area contributed by atoms with Crippen molar-refractivity contribution in [3.05, 3.63) is 35.5 Å². The second kappa shape index (κ2) is 10.8. The molecule has 3 fully saturated rings. The van der Waals surface area contributed by atoms with E-state index in [1.807, 2.05) is 0 Å². The predicted molar refractivity (Wildman–Crippen MR) is 128 cm³/mol. The number of rotatable bonds is 6. The first-order valence-corrected chi connectivity index (χ1v) is 12.3. The highest BCUT2D eigenvalue weighted by Gasteiger charge is 2.50. The van der Waals surface area contributed by atoms with Crippen molar-refractivity contribution < 1.29 is 20.8 Å². The third kappa shape index (κ3) is 5.71. The van der Waals surface area contributed by atoms with Crippen molar-refractivity contribution in [2.24, 2.45) is 29.1 Å². The summed E-state index contributed by atoms with van der Waals surface area (Å²) in [7, 11) is 0. The molecule has 3 aliphatic carbocycles. The van der Waals surface area contributed by atoms with Crippen LogP contribution in [0.2, 0.25) is 0 Å². The lowest BCUT2D eigenvalue weighted by atomic mass is 9.60. The standard InChI is InChI=1S/C27H44O3.H2O/c1-17(2)25(29)13-8-18(3)23-11-12-24-20(7-6-14-27(23,24)5)9-10-21-15-22(28)16-26(30)19(21)4;/h9-10,17-18,22-26,28-30H,4,6-8,11-16H2,1-3,5H3;1H2/t18?,22?,23?,24?,25?,26?,27-;/m1./s1. The van der Waals surface area contributed by atoms with Crippen LogP contribution in [0.4, 0.5) is 0 Å². The summed E-state index contributed by atoms with van der Waals surface area (Å²) in [6, 6.07) is 0. The predicted octanol–water partition coefficient (Wildman–Crippen LogP) is 4.74. The van der Waals surface area contributed by atoms with Gasteiger partial charge in [0.2, 0.25) is 0 Å². The average molecular weight is 435 g/mol. The lowest BCUT2D eigenvalue weighted by Gasteiger charge is -2.44. The molecular weight excluding hydrogens is 388 g/mol. The van der Waals surface area contributed by atoms with Gasteiger partial charge in [0, 0.05) is 6.42 Å². The summed E-state index contributed by atoms with van der Waals surface area (Å²) in [6.07, 6.45) is 12.4. The van der Waals surface area contributed by atoms with Crippen LogP contribution >= 0.6 is 0 Å². The van der Waals surface area contributed by atoms with Gasteiger partial charge in [0.1, 0.15) is 0 Å². The lowest BCUT2D eigenvalue weighted by molar-refractivity contribution is 0.0717. The van der Waals surface area contributed by atoms with Crippen LogP contribution in [0.1, 0.15) is 85.5 Å². The second-order valence-corrected chi connectivity index (χ2v) is 11.0. The van der Waals surface area contributed by atoms with Gasteiger partial charge in [-0.25, -0.2) is 0 Å². The van der Waals surface area contributed by atoms with Crippen LogP contribution in [0, 0.1) is 29.1 Å². The van der Waals surface area contributed by atoms with Crippen LogP contribution in [0.5, 0.6) is 0 Å². The molecule has 4 heteroatoms. The van der Waals surface area contributed by atoms with Crippen LogP contribution in [-0.2, 0) is 0 Å². The number of hydrogen-bond donors (Lipinski definition) is 3. The maximum absolute atomic E-state index is 10.3. The molecule has 3 aliphatic rings. The molecule has 3 rings (SSSR count). The zero-order valence-electron chi connectivity index (χ0n) is 20.1. The topological polar surface area (TPSA) is 92.2 Å². The average Bonchev–Trinajstić information content (AvgIpc) is 3.04. The molecule has 178 valence electrons. The molecule has 0 spiro atoms. The molecule has 0 aliphatic heterocycles. The first kappa shape index (κ1) is 26.3. The third-order valence-corrected chi connectivity index (χ3v) is 8.68. The largest absolute Gasteiger partial charge is 0.412 e. The Morgan fingerprint density at radius 1 is 1.13 bits per heavy atom. The van der Waals surface area contributed by atoms with Gasteiger partial charge in [-0.2, -0.15) is 0 Å². The Kier molecular flexibility index (Phi) is 9.15. The molecule has 0 heterocycles. The van der Waals surface area contributed by atoms with Gasteiger partial charge in [0.15, 0.2) is 0 Å². The van der Waals surface area contributed by atoms with E-state index in [0.717, 1.165) is 36.3 Å². The summed E-state index contributed by atoms with van der Waals surface area (Å²) in [5.74, 6) is 2.35. The molecule has 6 unspecified atom stereocenters. The zero-order valence-corrected chi connectivity index (χ0v) is 20.1. The summed E-state index contributed by atoms with van der Waals surface area (Å²) in [6.45, 7) is 13.2. The molecule has 7 atom stereocenters. The zero-order chi connectivity index (χ0) is 22.1. The van der Waals surface area contributed by atoms with E-state index in [4.69, 9.17) is 0 Å². The number of fused-ring (bicyclic) bond motifs is 1. The van der Waals surface area contributed by atoms with E-state index in [1.165, 1.54) is 25.7 Å². The van der Waals surface area contributed by atoms with E-state index in [1.54, 1.807) is 5.57 Å². The molecule has 3 saturated carbocycles. The molecule has 0 saturated heterocycles. The monoisotopic (exact) mass is 434 g/mol. The molecule has 0 bridgehead atoms. The van der Waals surface area contributed by atoms with E-state index < -0.39 is 12.2 Å². The Morgan fingerprint density at radius 3 is 2.52 bits per heavy atom. The van der Waals surface area contributed by atoms with Gasteiger partial charge in [-0.3, -0.25) is 0 Å². The quantitative estimate of drug-likeness (QED) is 0.564. The third-order valence-electron chi connectivity index (χ3n) is 8.68. The first-order chi connectivity index (χ1) is 14.1. The lowest BCUT2D eigenvalue weighted by Crippen LogP contribution is -2.36. The van der Waals surface area contributed by atoms with Gasteiger partial charge in [-0.1, -0.05) is 52.0 Å². The molecule has 4 nitrogen and oxygen atoms in total. The van der Waals surface area contributed by atoms with Crippen molar-refractivity contribution in [1.29, 1.82) is 0 Å². The highest BCUT2D eigenvalue weighted by Crippen LogP contribution is 2.60. The van der Waals surface area contributed by atoms with Gasteiger partial charge >= 0.3 is 0 Å². The summed E-state index contributed by atoms with van der Waals surface area (Å²) in [5.41, 5.74) is 3.69. The van der Waals surface area contributed by atoms with Crippen molar-refractivity contribution in [3.8, 4) is 0 Å². The van der Waals surface area contributed by atoms with Gasteiger partial charge in [-0.15, -0.1) is 0 Å². The maximum atomic E-state index is 10.3.